The highest BCUT2D eigenvalue weighted by Crippen LogP contribution is 2.15. The van der Waals surface area contributed by atoms with Gasteiger partial charge in [-0.3, -0.25) is 0 Å². The van der Waals surface area contributed by atoms with Crippen LogP contribution in [-0.2, 0) is 10.2 Å². The van der Waals surface area contributed by atoms with Crippen LogP contribution in [0.1, 0.15) is 5.56 Å². The number of nitrogens with zero attached hydrogens (tertiary/aromatic N) is 7. The van der Waals surface area contributed by atoms with Gasteiger partial charge in [0.05, 0.1) is 16.2 Å². The van der Waals surface area contributed by atoms with Crippen LogP contribution in [0.5, 0.6) is 0 Å². The van der Waals surface area contributed by atoms with Gasteiger partial charge in [0.1, 0.15) is 11.0 Å². The predicted molar refractivity (Wildman–Crippen MR) is 55.7 cm³/mol. The molecule has 0 aliphatic heterocycles. The van der Waals surface area contributed by atoms with Crippen molar-refractivity contribution in [3.63, 3.8) is 0 Å². The van der Waals surface area contributed by atoms with Crippen LogP contribution in [0, 0.1) is 11.3 Å². The first kappa shape index (κ1) is 10.9. The quantitative estimate of drug-likeness (QED) is 0.438. The maximum atomic E-state index is 11.4. The predicted octanol–water partition coefficient (Wildman–Crippen LogP) is 0.706. The molecule has 0 N–H and O–H groups in total. The minimum absolute atomic E-state index is 0.136. The highest BCUT2D eigenvalue weighted by atomic mass is 32.2. The van der Waals surface area contributed by atoms with Crippen molar-refractivity contribution < 1.29 is 8.42 Å². The Morgan fingerprint density at radius 3 is 2.94 bits per heavy atom. The van der Waals surface area contributed by atoms with Crippen LogP contribution >= 0.6 is 0 Å². The Hall–Kier alpha value is -2.63. The molecule has 0 saturated carbocycles. The maximum absolute atomic E-state index is 11.4. The molecule has 0 saturated heterocycles. The molecule has 0 fully saturated rings. The lowest BCUT2D eigenvalue weighted by Gasteiger charge is -1.96. The minimum atomic E-state index is -4.24. The van der Waals surface area contributed by atoms with Gasteiger partial charge in [-0.25, -0.2) is 0 Å². The van der Waals surface area contributed by atoms with E-state index >= 15 is 0 Å². The SMILES string of the molecule is N#Cc1ccc2c(c1)nnn2S(=O)(=O)N=[N+]=[N-]. The van der Waals surface area contributed by atoms with E-state index in [-0.39, 0.29) is 11.0 Å². The fourth-order valence-corrected chi connectivity index (χ4v) is 1.92. The summed E-state index contributed by atoms with van der Waals surface area (Å²) in [5, 5.41) is 15.6. The molecule has 84 valence electrons. The molecule has 2 aromatic rings. The molecule has 0 atom stereocenters. The number of benzene rings is 1. The summed E-state index contributed by atoms with van der Waals surface area (Å²) >= 11 is 0. The topological polar surface area (TPSA) is 137 Å². The molecule has 1 aromatic carbocycles. The number of aromatic nitrogens is 3. The van der Waals surface area contributed by atoms with Crippen LogP contribution in [0.4, 0.5) is 0 Å². The summed E-state index contributed by atoms with van der Waals surface area (Å²) in [5.41, 5.74) is 8.81. The second kappa shape index (κ2) is 3.75. The molecule has 1 aromatic heterocycles. The van der Waals surface area contributed by atoms with Gasteiger partial charge in [-0.05, 0) is 23.7 Å². The van der Waals surface area contributed by atoms with Crippen molar-refractivity contribution in [2.45, 2.75) is 0 Å². The van der Waals surface area contributed by atoms with Crippen LogP contribution < -0.4 is 0 Å². The third-order valence-electron chi connectivity index (χ3n) is 1.90. The first-order chi connectivity index (χ1) is 8.08. The molecule has 0 aliphatic rings. The monoisotopic (exact) mass is 249 g/mol. The number of rotatable bonds is 2. The molecule has 0 bridgehead atoms. The van der Waals surface area contributed by atoms with Gasteiger partial charge >= 0.3 is 10.2 Å². The smallest absolute Gasteiger partial charge is 0.196 e. The lowest BCUT2D eigenvalue weighted by molar-refractivity contribution is 0.581. The Morgan fingerprint density at radius 1 is 1.53 bits per heavy atom. The first-order valence-corrected chi connectivity index (χ1v) is 5.55. The lowest BCUT2D eigenvalue weighted by Crippen LogP contribution is -2.10. The highest BCUT2D eigenvalue weighted by Gasteiger charge is 2.16. The summed E-state index contributed by atoms with van der Waals surface area (Å²) < 4.78 is 26.0. The normalized spacial score (nSPS) is 10.8. The molecule has 0 aliphatic carbocycles. The van der Waals surface area contributed by atoms with Gasteiger partial charge in [0.25, 0.3) is 0 Å². The number of hydrogen-bond acceptors (Lipinski definition) is 5. The van der Waals surface area contributed by atoms with Gasteiger partial charge in [0.2, 0.25) is 0 Å². The number of hydrogen-bond donors (Lipinski definition) is 0. The zero-order valence-corrected chi connectivity index (χ0v) is 8.90. The number of nitriles is 1. The number of fused-ring (bicyclic) bond motifs is 1. The molecular formula is C7H3N7O2S. The molecule has 0 unspecified atom stereocenters. The van der Waals surface area contributed by atoms with Crippen LogP contribution in [0.25, 0.3) is 21.5 Å². The Kier molecular flexibility index (Phi) is 2.40. The van der Waals surface area contributed by atoms with E-state index in [1.54, 1.807) is 0 Å². The molecule has 0 radical (unpaired) electrons. The third-order valence-corrected chi connectivity index (χ3v) is 2.89. The Balaban J connectivity index is 2.75. The first-order valence-electron chi connectivity index (χ1n) is 4.16. The van der Waals surface area contributed by atoms with Crippen LogP contribution in [0.3, 0.4) is 0 Å². The zero-order valence-electron chi connectivity index (χ0n) is 8.09. The summed E-state index contributed by atoms with van der Waals surface area (Å²) in [6, 6.07) is 6.03. The molecule has 10 heteroatoms. The Morgan fingerprint density at radius 2 is 2.29 bits per heavy atom. The summed E-state index contributed by atoms with van der Waals surface area (Å²) in [6.07, 6.45) is 0. The van der Waals surface area contributed by atoms with Crippen LogP contribution in [-0.4, -0.2) is 22.8 Å². The van der Waals surface area contributed by atoms with Crippen LogP contribution in [0.15, 0.2) is 22.7 Å². The second-order valence-electron chi connectivity index (χ2n) is 2.90. The number of azide groups is 1. The largest absolute Gasteiger partial charge is 0.345 e. The lowest BCUT2D eigenvalue weighted by atomic mass is 10.2. The van der Waals surface area contributed by atoms with E-state index in [4.69, 9.17) is 10.8 Å². The van der Waals surface area contributed by atoms with E-state index < -0.39 is 10.2 Å². The fourth-order valence-electron chi connectivity index (χ4n) is 1.22. The van der Waals surface area contributed by atoms with Gasteiger partial charge in [-0.1, -0.05) is 5.21 Å². The maximum Gasteiger partial charge on any atom is 0.345 e. The van der Waals surface area contributed by atoms with Crippen molar-refractivity contribution in [3.8, 4) is 6.07 Å². The van der Waals surface area contributed by atoms with Crippen molar-refractivity contribution in [1.82, 2.24) is 14.4 Å². The molecule has 17 heavy (non-hydrogen) atoms. The van der Waals surface area contributed by atoms with Gasteiger partial charge in [-0.2, -0.15) is 13.7 Å². The van der Waals surface area contributed by atoms with Crippen LogP contribution in [0.2, 0.25) is 0 Å². The Labute approximate surface area is 94.7 Å². The van der Waals surface area contributed by atoms with Crippen molar-refractivity contribution in [2.24, 2.45) is 4.52 Å². The molecule has 0 amide bonds. The second-order valence-corrected chi connectivity index (χ2v) is 4.30. The molecule has 0 spiro atoms. The average molecular weight is 249 g/mol. The summed E-state index contributed by atoms with van der Waals surface area (Å²) in [4.78, 5) is 2.20. The summed E-state index contributed by atoms with van der Waals surface area (Å²) in [6.45, 7) is 0. The minimum Gasteiger partial charge on any atom is -0.196 e. The molecule has 2 rings (SSSR count). The molecular weight excluding hydrogens is 246 g/mol. The van der Waals surface area contributed by atoms with Gasteiger partial charge in [-0.15, -0.1) is 9.19 Å². The highest BCUT2D eigenvalue weighted by molar-refractivity contribution is 7.88. The van der Waals surface area contributed by atoms with Crippen molar-refractivity contribution in [2.75, 3.05) is 0 Å². The van der Waals surface area contributed by atoms with E-state index in [1.165, 1.54) is 18.2 Å². The molecule has 1 heterocycles. The van der Waals surface area contributed by atoms with Gasteiger partial charge in [0.15, 0.2) is 0 Å². The van der Waals surface area contributed by atoms with Crippen molar-refractivity contribution in [1.29, 1.82) is 5.26 Å². The standard InChI is InChI=1S/C7H3N7O2S/c8-4-5-1-2-7-6(3-5)10-12-14(7)17(15,16)13-11-9/h1-3H. The van der Waals surface area contributed by atoms with E-state index in [9.17, 15) is 8.42 Å². The summed E-state index contributed by atoms with van der Waals surface area (Å²) in [7, 11) is -4.24. The van der Waals surface area contributed by atoms with Crippen molar-refractivity contribution >= 4 is 21.2 Å². The fraction of sp³-hybridized carbons (Fsp3) is 0. The Bertz CT molecular complexity index is 778. The van der Waals surface area contributed by atoms with E-state index in [1.807, 2.05) is 6.07 Å². The zero-order chi connectivity index (χ0) is 12.5. The van der Waals surface area contributed by atoms with E-state index in [0.29, 0.717) is 9.65 Å². The van der Waals surface area contributed by atoms with Gasteiger partial charge in [0, 0.05) is 4.91 Å². The molecule has 9 nitrogen and oxygen atoms in total. The third kappa shape index (κ3) is 1.76. The van der Waals surface area contributed by atoms with Crippen molar-refractivity contribution in [3.05, 3.63) is 34.2 Å². The van der Waals surface area contributed by atoms with Gasteiger partial charge < -0.3 is 0 Å². The van der Waals surface area contributed by atoms with E-state index in [2.05, 4.69) is 19.7 Å². The summed E-state index contributed by atoms with van der Waals surface area (Å²) in [5.74, 6) is 0. The van der Waals surface area contributed by atoms with E-state index in [0.717, 1.165) is 0 Å². The average Bonchev–Trinajstić information content (AvgIpc) is 2.72.